The van der Waals surface area contributed by atoms with Gasteiger partial charge in [0.25, 0.3) is 0 Å². The summed E-state index contributed by atoms with van der Waals surface area (Å²) in [5.74, 6) is -0.594. The third-order valence-electron chi connectivity index (χ3n) is 4.03. The molecule has 2 atom stereocenters. The largest absolute Gasteiger partial charge is 0.383 e. The van der Waals surface area contributed by atoms with E-state index < -0.39 is 0 Å². The Balaban J connectivity index is 1.96. The molecule has 0 spiro atoms. The molecule has 0 unspecified atom stereocenters. The fraction of sp³-hybridized carbons (Fsp3) is 0.471. The zero-order chi connectivity index (χ0) is 17.0. The first kappa shape index (κ1) is 17.1. The van der Waals surface area contributed by atoms with Crippen LogP contribution in [-0.4, -0.2) is 48.8 Å². The van der Waals surface area contributed by atoms with E-state index in [9.17, 15) is 14.4 Å². The SMILES string of the molecule is COC[C@H](C)N1C[C@H](C(=O)Nc2ccc(C(C)=O)cc2)CC1=O. The molecular formula is C17H22N2O4. The van der Waals surface area contributed by atoms with Crippen molar-refractivity contribution in [3.05, 3.63) is 29.8 Å². The molecule has 23 heavy (non-hydrogen) atoms. The number of nitrogens with one attached hydrogen (secondary N) is 1. The molecule has 1 aromatic carbocycles. The highest BCUT2D eigenvalue weighted by Gasteiger charge is 2.36. The Bertz CT molecular complexity index is 597. The summed E-state index contributed by atoms with van der Waals surface area (Å²) in [6, 6.07) is 6.68. The number of carbonyl (C=O) groups is 3. The second-order valence-corrected chi connectivity index (χ2v) is 5.87. The Hall–Kier alpha value is -2.21. The summed E-state index contributed by atoms with van der Waals surface area (Å²) >= 11 is 0. The summed E-state index contributed by atoms with van der Waals surface area (Å²) in [5.41, 5.74) is 1.22. The van der Waals surface area contributed by atoms with E-state index in [4.69, 9.17) is 4.74 Å². The monoisotopic (exact) mass is 318 g/mol. The summed E-state index contributed by atoms with van der Waals surface area (Å²) in [7, 11) is 1.59. The van der Waals surface area contributed by atoms with Crippen LogP contribution in [0.25, 0.3) is 0 Å². The fourth-order valence-electron chi connectivity index (χ4n) is 2.70. The van der Waals surface area contributed by atoms with Gasteiger partial charge in [-0.15, -0.1) is 0 Å². The number of rotatable bonds is 6. The van der Waals surface area contributed by atoms with Crippen LogP contribution in [0.5, 0.6) is 0 Å². The van der Waals surface area contributed by atoms with E-state index in [0.29, 0.717) is 24.4 Å². The minimum Gasteiger partial charge on any atom is -0.383 e. The Labute approximate surface area is 135 Å². The number of Topliss-reactive ketones (excluding diaryl/α,β-unsaturated/α-hetero) is 1. The van der Waals surface area contributed by atoms with Gasteiger partial charge in [-0.3, -0.25) is 14.4 Å². The predicted molar refractivity (Wildman–Crippen MR) is 86.2 cm³/mol. The van der Waals surface area contributed by atoms with Gasteiger partial charge in [-0.25, -0.2) is 0 Å². The summed E-state index contributed by atoms with van der Waals surface area (Å²) in [5, 5.41) is 2.80. The maximum absolute atomic E-state index is 12.3. The van der Waals surface area contributed by atoms with Gasteiger partial charge in [-0.05, 0) is 38.1 Å². The minimum absolute atomic E-state index is 0.0213. The molecule has 2 amide bonds. The molecule has 1 saturated heterocycles. The molecule has 0 saturated carbocycles. The van der Waals surface area contributed by atoms with Crippen molar-refractivity contribution in [1.29, 1.82) is 0 Å². The lowest BCUT2D eigenvalue weighted by atomic mass is 10.1. The molecule has 1 N–H and O–H groups in total. The number of amides is 2. The summed E-state index contributed by atoms with van der Waals surface area (Å²) < 4.78 is 5.06. The number of ether oxygens (including phenoxy) is 1. The van der Waals surface area contributed by atoms with Gasteiger partial charge in [0.2, 0.25) is 11.8 Å². The number of hydrogen-bond donors (Lipinski definition) is 1. The van der Waals surface area contributed by atoms with Gasteiger partial charge in [-0.2, -0.15) is 0 Å². The van der Waals surface area contributed by atoms with Crippen LogP contribution >= 0.6 is 0 Å². The molecule has 124 valence electrons. The lowest BCUT2D eigenvalue weighted by molar-refractivity contribution is -0.130. The average Bonchev–Trinajstić information content (AvgIpc) is 2.90. The molecule has 2 rings (SSSR count). The van der Waals surface area contributed by atoms with Crippen LogP contribution in [0, 0.1) is 5.92 Å². The van der Waals surface area contributed by atoms with Gasteiger partial charge in [-0.1, -0.05) is 0 Å². The molecule has 0 bridgehead atoms. The summed E-state index contributed by atoms with van der Waals surface area (Å²) in [6.45, 7) is 4.25. The van der Waals surface area contributed by atoms with E-state index in [1.165, 1.54) is 6.92 Å². The number of nitrogens with zero attached hydrogens (tertiary/aromatic N) is 1. The minimum atomic E-state index is -0.366. The highest BCUT2D eigenvalue weighted by Crippen LogP contribution is 2.22. The van der Waals surface area contributed by atoms with E-state index in [1.807, 2.05) is 6.92 Å². The van der Waals surface area contributed by atoms with E-state index >= 15 is 0 Å². The van der Waals surface area contributed by atoms with Crippen molar-refractivity contribution in [2.45, 2.75) is 26.3 Å². The van der Waals surface area contributed by atoms with Crippen molar-refractivity contribution >= 4 is 23.3 Å². The molecule has 6 heteroatoms. The molecule has 0 radical (unpaired) electrons. The van der Waals surface area contributed by atoms with Gasteiger partial charge in [0.1, 0.15) is 0 Å². The average molecular weight is 318 g/mol. The quantitative estimate of drug-likeness (QED) is 0.810. The lowest BCUT2D eigenvalue weighted by Crippen LogP contribution is -2.38. The summed E-state index contributed by atoms with van der Waals surface area (Å²) in [6.07, 6.45) is 0.214. The molecule has 1 aliphatic heterocycles. The topological polar surface area (TPSA) is 75.7 Å². The van der Waals surface area contributed by atoms with Crippen LogP contribution in [0.2, 0.25) is 0 Å². The number of benzene rings is 1. The smallest absolute Gasteiger partial charge is 0.229 e. The highest BCUT2D eigenvalue weighted by atomic mass is 16.5. The molecule has 1 fully saturated rings. The second kappa shape index (κ2) is 7.37. The van der Waals surface area contributed by atoms with Gasteiger partial charge < -0.3 is 15.0 Å². The number of anilines is 1. The molecule has 0 aliphatic carbocycles. The van der Waals surface area contributed by atoms with Crippen LogP contribution in [0.15, 0.2) is 24.3 Å². The molecule has 1 aromatic rings. The third-order valence-corrected chi connectivity index (χ3v) is 4.03. The van der Waals surface area contributed by atoms with Crippen LogP contribution < -0.4 is 5.32 Å². The van der Waals surface area contributed by atoms with Gasteiger partial charge in [0.15, 0.2) is 5.78 Å². The van der Waals surface area contributed by atoms with E-state index in [0.717, 1.165) is 0 Å². The van der Waals surface area contributed by atoms with Crippen molar-refractivity contribution in [2.24, 2.45) is 5.92 Å². The molecule has 1 aliphatic rings. The van der Waals surface area contributed by atoms with Crippen LogP contribution in [0.4, 0.5) is 5.69 Å². The first-order valence-corrected chi connectivity index (χ1v) is 7.62. The Morgan fingerprint density at radius 3 is 2.57 bits per heavy atom. The molecular weight excluding hydrogens is 296 g/mol. The van der Waals surface area contributed by atoms with E-state index in [2.05, 4.69) is 5.32 Å². The van der Waals surface area contributed by atoms with Gasteiger partial charge in [0, 0.05) is 31.3 Å². The van der Waals surface area contributed by atoms with Gasteiger partial charge >= 0.3 is 0 Å². The normalized spacial score (nSPS) is 18.8. The third kappa shape index (κ3) is 4.16. The number of methoxy groups -OCH3 is 1. The fourth-order valence-corrected chi connectivity index (χ4v) is 2.70. The van der Waals surface area contributed by atoms with Crippen LogP contribution in [0.3, 0.4) is 0 Å². The lowest BCUT2D eigenvalue weighted by Gasteiger charge is -2.23. The van der Waals surface area contributed by atoms with Crippen molar-refractivity contribution in [1.82, 2.24) is 4.90 Å². The zero-order valence-corrected chi connectivity index (χ0v) is 13.7. The zero-order valence-electron chi connectivity index (χ0n) is 13.7. The maximum Gasteiger partial charge on any atom is 0.229 e. The summed E-state index contributed by atoms with van der Waals surface area (Å²) in [4.78, 5) is 37.3. The Kier molecular flexibility index (Phi) is 5.50. The molecule has 6 nitrogen and oxygen atoms in total. The van der Waals surface area contributed by atoms with Crippen molar-refractivity contribution in [2.75, 3.05) is 25.6 Å². The number of hydrogen-bond acceptors (Lipinski definition) is 4. The van der Waals surface area contributed by atoms with Crippen LogP contribution in [-0.2, 0) is 14.3 Å². The number of likely N-dealkylation sites (tertiary alicyclic amines) is 1. The molecule has 1 heterocycles. The Morgan fingerprint density at radius 2 is 2.00 bits per heavy atom. The van der Waals surface area contributed by atoms with Crippen LogP contribution in [0.1, 0.15) is 30.6 Å². The number of carbonyl (C=O) groups excluding carboxylic acids is 3. The Morgan fingerprint density at radius 1 is 1.35 bits per heavy atom. The highest BCUT2D eigenvalue weighted by molar-refractivity contribution is 5.98. The van der Waals surface area contributed by atoms with Crippen molar-refractivity contribution in [3.63, 3.8) is 0 Å². The van der Waals surface area contributed by atoms with E-state index in [-0.39, 0.29) is 36.0 Å². The van der Waals surface area contributed by atoms with Gasteiger partial charge in [0.05, 0.1) is 18.6 Å². The predicted octanol–water partition coefficient (Wildman–Crippen LogP) is 1.71. The molecule has 0 aromatic heterocycles. The maximum atomic E-state index is 12.3. The number of ketones is 1. The standard InChI is InChI=1S/C17H22N2O4/c1-11(10-23-3)19-9-14(8-16(19)21)17(22)18-15-6-4-13(5-7-15)12(2)20/h4-7,11,14H,8-10H2,1-3H3,(H,18,22)/t11-,14+/m0/s1. The first-order valence-electron chi connectivity index (χ1n) is 7.62. The van der Waals surface area contributed by atoms with E-state index in [1.54, 1.807) is 36.3 Å². The first-order chi connectivity index (χ1) is 10.9. The second-order valence-electron chi connectivity index (χ2n) is 5.87. The van der Waals surface area contributed by atoms with Crippen molar-refractivity contribution < 1.29 is 19.1 Å². The van der Waals surface area contributed by atoms with Crippen molar-refractivity contribution in [3.8, 4) is 0 Å².